The van der Waals surface area contributed by atoms with Crippen LogP contribution in [0.4, 0.5) is 0 Å². The largest absolute Gasteiger partial charge is 0.507 e. The molecule has 182 valence electrons. The summed E-state index contributed by atoms with van der Waals surface area (Å²) in [6.07, 6.45) is 2.21. The molecule has 0 bridgehead atoms. The number of carbonyl (C=O) groups excluding carboxylic acids is 2. The number of methoxy groups -OCH3 is 1. The lowest BCUT2D eigenvalue weighted by atomic mass is 9.95. The maximum Gasteiger partial charge on any atom is 0.295 e. The maximum absolute atomic E-state index is 13.3. The number of Topliss-reactive ketones (excluding diaryl/α,β-unsaturated/α-hetero) is 1. The summed E-state index contributed by atoms with van der Waals surface area (Å²) in [5, 5.41) is 15.8. The lowest BCUT2D eigenvalue weighted by Gasteiger charge is -2.26. The van der Waals surface area contributed by atoms with Gasteiger partial charge in [0, 0.05) is 6.54 Å². The minimum atomic E-state index is -0.730. The molecule has 8 heteroatoms. The van der Waals surface area contributed by atoms with Crippen LogP contribution in [0.25, 0.3) is 11.4 Å². The van der Waals surface area contributed by atoms with E-state index in [1.165, 1.54) is 6.20 Å². The van der Waals surface area contributed by atoms with E-state index >= 15 is 0 Å². The average molecular weight is 475 g/mol. The number of aromatic nitrogens is 2. The van der Waals surface area contributed by atoms with Crippen molar-refractivity contribution in [1.29, 1.82) is 0 Å². The van der Waals surface area contributed by atoms with Crippen molar-refractivity contribution in [1.82, 2.24) is 19.6 Å². The number of hydrogen-bond acceptors (Lipinski definition) is 6. The van der Waals surface area contributed by atoms with Crippen molar-refractivity contribution in [2.75, 3.05) is 34.3 Å². The van der Waals surface area contributed by atoms with Gasteiger partial charge >= 0.3 is 0 Å². The summed E-state index contributed by atoms with van der Waals surface area (Å²) in [6.45, 7) is 2.96. The van der Waals surface area contributed by atoms with Gasteiger partial charge in [0.2, 0.25) is 0 Å². The van der Waals surface area contributed by atoms with E-state index < -0.39 is 17.7 Å². The Labute approximate surface area is 205 Å². The van der Waals surface area contributed by atoms with Crippen LogP contribution in [0.3, 0.4) is 0 Å². The summed E-state index contributed by atoms with van der Waals surface area (Å²) in [6, 6.07) is 16.0. The molecule has 1 atom stereocenters. The third kappa shape index (κ3) is 4.70. The van der Waals surface area contributed by atoms with E-state index in [0.29, 0.717) is 35.5 Å². The summed E-state index contributed by atoms with van der Waals surface area (Å²) < 4.78 is 7.08. The van der Waals surface area contributed by atoms with E-state index in [9.17, 15) is 14.7 Å². The number of para-hydroxylation sites is 1. The number of rotatable bonds is 8. The molecule has 2 heterocycles. The molecular formula is C27H30N4O4. The van der Waals surface area contributed by atoms with Crippen molar-refractivity contribution in [3.8, 4) is 11.4 Å². The zero-order chi connectivity index (χ0) is 25.1. The second-order valence-electron chi connectivity index (χ2n) is 8.82. The van der Waals surface area contributed by atoms with Crippen molar-refractivity contribution in [3.05, 3.63) is 83.2 Å². The van der Waals surface area contributed by atoms with E-state index in [1.54, 1.807) is 28.8 Å². The normalized spacial score (nSPS) is 17.4. The molecule has 1 saturated heterocycles. The summed E-state index contributed by atoms with van der Waals surface area (Å²) in [4.78, 5) is 30.0. The highest BCUT2D eigenvalue weighted by Gasteiger charge is 2.46. The van der Waals surface area contributed by atoms with Gasteiger partial charge in [-0.25, -0.2) is 4.68 Å². The highest BCUT2D eigenvalue weighted by molar-refractivity contribution is 6.46. The summed E-state index contributed by atoms with van der Waals surface area (Å²) in [5.41, 5.74) is 2.66. The van der Waals surface area contributed by atoms with Crippen LogP contribution >= 0.6 is 0 Å². The molecule has 1 aromatic heterocycles. The molecule has 0 unspecified atom stereocenters. The standard InChI is InChI=1S/C27H30N4O4/c1-18-22(17-28-31(18)20-11-6-5-7-12-20)25(32)23-24(19-10-8-13-21(16-19)35-4)30(27(34)26(23)33)15-9-14-29(2)3/h5-8,10-13,16-17,24,32H,9,14-15H2,1-4H3/t24-/m1/s1. The quantitative estimate of drug-likeness (QED) is 0.305. The molecule has 1 aliphatic heterocycles. The zero-order valence-corrected chi connectivity index (χ0v) is 20.4. The predicted molar refractivity (Wildman–Crippen MR) is 133 cm³/mol. The molecule has 1 fully saturated rings. The first-order valence-corrected chi connectivity index (χ1v) is 11.5. The number of benzene rings is 2. The third-order valence-corrected chi connectivity index (χ3v) is 6.22. The Bertz CT molecular complexity index is 1260. The molecule has 2 aromatic carbocycles. The van der Waals surface area contributed by atoms with Crippen LogP contribution in [0.15, 0.2) is 66.4 Å². The van der Waals surface area contributed by atoms with Crippen molar-refractivity contribution in [3.63, 3.8) is 0 Å². The van der Waals surface area contributed by atoms with Crippen LogP contribution in [-0.4, -0.2) is 70.7 Å². The Morgan fingerprint density at radius 1 is 1.11 bits per heavy atom. The van der Waals surface area contributed by atoms with Gasteiger partial charge in [-0.2, -0.15) is 5.10 Å². The van der Waals surface area contributed by atoms with Crippen molar-refractivity contribution < 1.29 is 19.4 Å². The fourth-order valence-corrected chi connectivity index (χ4v) is 4.44. The SMILES string of the molecule is COc1cccc([C@@H]2C(=C(O)c3cnn(-c4ccccc4)c3C)C(=O)C(=O)N2CCCN(C)C)c1. The molecule has 1 N–H and O–H groups in total. The van der Waals surface area contributed by atoms with Gasteiger partial charge in [-0.3, -0.25) is 9.59 Å². The van der Waals surface area contributed by atoms with Crippen LogP contribution < -0.4 is 4.74 Å². The van der Waals surface area contributed by atoms with E-state index in [2.05, 4.69) is 5.10 Å². The first kappa shape index (κ1) is 24.2. The van der Waals surface area contributed by atoms with Gasteiger partial charge in [-0.1, -0.05) is 30.3 Å². The highest BCUT2D eigenvalue weighted by Crippen LogP contribution is 2.40. The third-order valence-electron chi connectivity index (χ3n) is 6.22. The molecular weight excluding hydrogens is 444 g/mol. The number of ketones is 1. The van der Waals surface area contributed by atoms with Gasteiger partial charge in [0.1, 0.15) is 11.5 Å². The van der Waals surface area contributed by atoms with E-state index in [-0.39, 0.29) is 11.3 Å². The van der Waals surface area contributed by atoms with Gasteiger partial charge in [-0.05, 0) is 63.8 Å². The van der Waals surface area contributed by atoms with Crippen molar-refractivity contribution in [2.24, 2.45) is 0 Å². The number of carbonyl (C=O) groups is 2. The lowest BCUT2D eigenvalue weighted by Crippen LogP contribution is -2.32. The van der Waals surface area contributed by atoms with Crippen LogP contribution in [0.2, 0.25) is 0 Å². The topological polar surface area (TPSA) is 87.9 Å². The monoisotopic (exact) mass is 474 g/mol. The molecule has 1 amide bonds. The van der Waals surface area contributed by atoms with Crippen LogP contribution in [0.1, 0.15) is 29.3 Å². The summed E-state index contributed by atoms with van der Waals surface area (Å²) in [5.74, 6) is -0.946. The van der Waals surface area contributed by atoms with Gasteiger partial charge in [0.05, 0.1) is 41.9 Å². The molecule has 4 rings (SSSR count). The van der Waals surface area contributed by atoms with Crippen molar-refractivity contribution in [2.45, 2.75) is 19.4 Å². The second kappa shape index (κ2) is 10.1. The molecule has 0 saturated carbocycles. The minimum absolute atomic E-state index is 0.0591. The smallest absolute Gasteiger partial charge is 0.295 e. The minimum Gasteiger partial charge on any atom is -0.507 e. The molecule has 0 spiro atoms. The molecule has 0 aliphatic carbocycles. The Morgan fingerprint density at radius 2 is 1.86 bits per heavy atom. The Hall–Kier alpha value is -3.91. The number of aliphatic hydroxyl groups is 1. The molecule has 1 aliphatic rings. The van der Waals surface area contributed by atoms with E-state index in [1.807, 2.05) is 68.4 Å². The fourth-order valence-electron chi connectivity index (χ4n) is 4.44. The Kier molecular flexibility index (Phi) is 7.02. The number of likely N-dealkylation sites (tertiary alicyclic amines) is 1. The van der Waals surface area contributed by atoms with Gasteiger partial charge < -0.3 is 19.6 Å². The van der Waals surface area contributed by atoms with Gasteiger partial charge in [0.15, 0.2) is 0 Å². The second-order valence-corrected chi connectivity index (χ2v) is 8.82. The predicted octanol–water partition coefficient (Wildman–Crippen LogP) is 3.56. The summed E-state index contributed by atoms with van der Waals surface area (Å²) in [7, 11) is 5.48. The van der Waals surface area contributed by atoms with E-state index in [0.717, 1.165) is 12.2 Å². The van der Waals surface area contributed by atoms with Crippen LogP contribution in [0, 0.1) is 6.92 Å². The Morgan fingerprint density at radius 3 is 2.54 bits per heavy atom. The number of amides is 1. The zero-order valence-electron chi connectivity index (χ0n) is 20.4. The number of hydrogen-bond donors (Lipinski definition) is 1. The Balaban J connectivity index is 1.82. The first-order chi connectivity index (χ1) is 16.8. The molecule has 0 radical (unpaired) electrons. The van der Waals surface area contributed by atoms with Crippen LogP contribution in [-0.2, 0) is 9.59 Å². The number of ether oxygens (including phenoxy) is 1. The molecule has 3 aromatic rings. The van der Waals surface area contributed by atoms with Gasteiger partial charge in [0.25, 0.3) is 11.7 Å². The van der Waals surface area contributed by atoms with Gasteiger partial charge in [-0.15, -0.1) is 0 Å². The first-order valence-electron chi connectivity index (χ1n) is 11.5. The molecule has 35 heavy (non-hydrogen) atoms. The van der Waals surface area contributed by atoms with E-state index in [4.69, 9.17) is 4.74 Å². The summed E-state index contributed by atoms with van der Waals surface area (Å²) >= 11 is 0. The highest BCUT2D eigenvalue weighted by atomic mass is 16.5. The number of aliphatic hydroxyl groups excluding tert-OH is 1. The number of nitrogens with zero attached hydrogens (tertiary/aromatic N) is 4. The fraction of sp³-hybridized carbons (Fsp3) is 0.296. The van der Waals surface area contributed by atoms with Crippen molar-refractivity contribution >= 4 is 17.4 Å². The average Bonchev–Trinajstić information content (AvgIpc) is 3.36. The maximum atomic E-state index is 13.3. The van der Waals surface area contributed by atoms with Crippen LogP contribution in [0.5, 0.6) is 5.75 Å². The molecule has 8 nitrogen and oxygen atoms in total. The lowest BCUT2D eigenvalue weighted by molar-refractivity contribution is -0.139.